The topological polar surface area (TPSA) is 131 Å². The molecule has 0 aromatic carbocycles. The lowest BCUT2D eigenvalue weighted by Crippen LogP contribution is -2.16. The Bertz CT molecular complexity index is 1300. The number of aryl methyl sites for hydroxylation is 1. The molecule has 0 saturated heterocycles. The summed E-state index contributed by atoms with van der Waals surface area (Å²) in [6, 6.07) is 0. The molecule has 2 fully saturated rings. The normalized spacial score (nSPS) is 21.6. The molecule has 42 heavy (non-hydrogen) atoms. The highest BCUT2D eigenvalue weighted by molar-refractivity contribution is 6.14. The average Bonchev–Trinajstić information content (AvgIpc) is 3.45. The van der Waals surface area contributed by atoms with Gasteiger partial charge in [-0.15, -0.1) is 0 Å². The molecule has 2 unspecified atom stereocenters. The maximum Gasteiger partial charge on any atom is 0.313 e. The van der Waals surface area contributed by atoms with Crippen LogP contribution in [0.1, 0.15) is 79.8 Å². The van der Waals surface area contributed by atoms with Gasteiger partial charge in [0.15, 0.2) is 0 Å². The quantitative estimate of drug-likeness (QED) is 0.199. The van der Waals surface area contributed by atoms with Crippen LogP contribution in [0, 0.1) is 30.6 Å². The van der Waals surface area contributed by atoms with E-state index in [-0.39, 0.29) is 5.71 Å². The van der Waals surface area contributed by atoms with Crippen LogP contribution in [-0.2, 0) is 9.59 Å². The number of rotatable bonds is 10. The lowest BCUT2D eigenvalue weighted by atomic mass is 9.78. The zero-order chi connectivity index (χ0) is 31.8. The monoisotopic (exact) mass is 585 g/mol. The number of nitrogens with zero attached hydrogens (tertiary/aromatic N) is 3. The molecular formula is C32H45F2N5O3. The SMILES string of the molecule is CC(C)C1CCC1.CC/C=C(\C)C(\C=C/C(C)=C(C)\C(Nc1cncc(C)n1)=C(\C)N)=NC(=O)C1C(C(=O)O)C1(F)F. The van der Waals surface area contributed by atoms with E-state index in [1.165, 1.54) is 19.3 Å². The molecule has 1 aromatic heterocycles. The van der Waals surface area contributed by atoms with Crippen molar-refractivity contribution in [1.82, 2.24) is 9.97 Å². The summed E-state index contributed by atoms with van der Waals surface area (Å²) in [4.78, 5) is 35.8. The van der Waals surface area contributed by atoms with Crippen molar-refractivity contribution in [3.05, 3.63) is 64.4 Å². The Labute approximate surface area is 248 Å². The number of hydrogen-bond acceptors (Lipinski definition) is 6. The first kappa shape index (κ1) is 34.5. The number of allylic oxidation sites excluding steroid dienone is 7. The molecule has 1 heterocycles. The van der Waals surface area contributed by atoms with E-state index in [0.717, 1.165) is 28.7 Å². The van der Waals surface area contributed by atoms with Crippen molar-refractivity contribution in [3.8, 4) is 0 Å². The van der Waals surface area contributed by atoms with Crippen molar-refractivity contribution >= 4 is 23.4 Å². The lowest BCUT2D eigenvalue weighted by Gasteiger charge is -2.28. The van der Waals surface area contributed by atoms with Gasteiger partial charge in [0.2, 0.25) is 0 Å². The van der Waals surface area contributed by atoms with Gasteiger partial charge in [-0.2, -0.15) is 0 Å². The van der Waals surface area contributed by atoms with Crippen molar-refractivity contribution in [3.63, 3.8) is 0 Å². The number of anilines is 1. The fourth-order valence-electron chi connectivity index (χ4n) is 4.57. The Balaban J connectivity index is 0.000000766. The molecule has 0 aliphatic heterocycles. The number of aliphatic carboxylic acids is 1. The van der Waals surface area contributed by atoms with Crippen LogP contribution in [0.3, 0.4) is 0 Å². The van der Waals surface area contributed by atoms with Gasteiger partial charge in [-0.25, -0.2) is 18.8 Å². The van der Waals surface area contributed by atoms with Crippen LogP contribution in [0.5, 0.6) is 0 Å². The zero-order valence-corrected chi connectivity index (χ0v) is 26.0. The number of carbonyl (C=O) groups excluding carboxylic acids is 1. The maximum atomic E-state index is 13.8. The fraction of sp³-hybridized carbons (Fsp3) is 0.531. The number of carboxylic acid groups (broad SMARTS) is 1. The van der Waals surface area contributed by atoms with Crippen LogP contribution in [0.25, 0.3) is 0 Å². The second-order valence-corrected chi connectivity index (χ2v) is 11.4. The third-order valence-corrected chi connectivity index (χ3v) is 7.68. The Morgan fingerprint density at radius 1 is 1.17 bits per heavy atom. The Hall–Kier alpha value is -3.69. The van der Waals surface area contributed by atoms with Crippen LogP contribution < -0.4 is 11.1 Å². The van der Waals surface area contributed by atoms with Gasteiger partial charge in [0.05, 0.1) is 23.3 Å². The van der Waals surface area contributed by atoms with E-state index in [4.69, 9.17) is 10.8 Å². The first-order chi connectivity index (χ1) is 19.6. The number of hydrogen-bond donors (Lipinski definition) is 3. The predicted octanol–water partition coefficient (Wildman–Crippen LogP) is 7.01. The number of nitrogens with two attached hydrogens (primary N) is 1. The number of carbonyl (C=O) groups is 2. The van der Waals surface area contributed by atoms with Gasteiger partial charge in [0.1, 0.15) is 17.7 Å². The van der Waals surface area contributed by atoms with Crippen molar-refractivity contribution in [2.24, 2.45) is 34.4 Å². The Morgan fingerprint density at radius 3 is 2.24 bits per heavy atom. The van der Waals surface area contributed by atoms with Crippen LogP contribution in [0.15, 0.2) is 63.7 Å². The second kappa shape index (κ2) is 15.0. The molecule has 1 amide bonds. The fourth-order valence-corrected chi connectivity index (χ4v) is 4.57. The number of carboxylic acids is 1. The van der Waals surface area contributed by atoms with E-state index in [1.807, 2.05) is 27.7 Å². The Kier molecular flexibility index (Phi) is 12.3. The molecule has 2 saturated carbocycles. The highest BCUT2D eigenvalue weighted by Gasteiger charge is 2.76. The van der Waals surface area contributed by atoms with Gasteiger partial charge >= 0.3 is 5.97 Å². The van der Waals surface area contributed by atoms with Crippen molar-refractivity contribution in [1.29, 1.82) is 0 Å². The van der Waals surface area contributed by atoms with Crippen LogP contribution in [-0.4, -0.2) is 38.6 Å². The zero-order valence-electron chi connectivity index (χ0n) is 26.0. The largest absolute Gasteiger partial charge is 0.481 e. The van der Waals surface area contributed by atoms with Gasteiger partial charge in [-0.05, 0) is 75.7 Å². The third-order valence-electron chi connectivity index (χ3n) is 7.68. The molecule has 8 nitrogen and oxygen atoms in total. The second-order valence-electron chi connectivity index (χ2n) is 11.4. The van der Waals surface area contributed by atoms with E-state index >= 15 is 0 Å². The molecule has 1 aromatic rings. The van der Waals surface area contributed by atoms with Crippen LogP contribution in [0.2, 0.25) is 0 Å². The summed E-state index contributed by atoms with van der Waals surface area (Å²) in [6.45, 7) is 15.5. The number of aliphatic imine (C=N–C) groups is 1. The number of halogens is 2. The molecular weight excluding hydrogens is 540 g/mol. The number of nitrogens with one attached hydrogen (secondary N) is 1. The van der Waals surface area contributed by atoms with Gasteiger partial charge in [0.25, 0.3) is 11.8 Å². The lowest BCUT2D eigenvalue weighted by molar-refractivity contribution is -0.141. The maximum absolute atomic E-state index is 13.8. The van der Waals surface area contributed by atoms with E-state index in [2.05, 4.69) is 34.1 Å². The van der Waals surface area contributed by atoms with E-state index in [1.54, 1.807) is 44.5 Å². The Morgan fingerprint density at radius 2 is 1.81 bits per heavy atom. The van der Waals surface area contributed by atoms with Crippen molar-refractivity contribution < 1.29 is 23.5 Å². The minimum atomic E-state index is -3.60. The summed E-state index contributed by atoms with van der Waals surface area (Å²) in [5.74, 6) is -7.90. The van der Waals surface area contributed by atoms with Crippen LogP contribution >= 0.6 is 0 Å². The smallest absolute Gasteiger partial charge is 0.313 e. The third kappa shape index (κ3) is 9.16. The molecule has 0 bridgehead atoms. The molecule has 2 aliphatic carbocycles. The molecule has 2 aliphatic rings. The van der Waals surface area contributed by atoms with Gasteiger partial charge in [0, 0.05) is 11.9 Å². The number of alkyl halides is 2. The molecule has 2 atom stereocenters. The van der Waals surface area contributed by atoms with Crippen LogP contribution in [0.4, 0.5) is 14.6 Å². The summed E-state index contributed by atoms with van der Waals surface area (Å²) < 4.78 is 27.6. The van der Waals surface area contributed by atoms with Crippen molar-refractivity contribution in [2.45, 2.75) is 87.0 Å². The summed E-state index contributed by atoms with van der Waals surface area (Å²) >= 11 is 0. The number of amides is 1. The summed E-state index contributed by atoms with van der Waals surface area (Å²) in [5.41, 5.74) is 10.3. The molecule has 4 N–H and O–H groups in total. The summed E-state index contributed by atoms with van der Waals surface area (Å²) in [7, 11) is 0. The minimum absolute atomic E-state index is 0.184. The first-order valence-corrected chi connectivity index (χ1v) is 14.4. The summed E-state index contributed by atoms with van der Waals surface area (Å²) in [5, 5.41) is 12.1. The van der Waals surface area contributed by atoms with E-state index in [0.29, 0.717) is 29.2 Å². The summed E-state index contributed by atoms with van der Waals surface area (Å²) in [6.07, 6.45) is 13.4. The van der Waals surface area contributed by atoms with E-state index in [9.17, 15) is 18.4 Å². The molecule has 230 valence electrons. The number of aromatic nitrogens is 2. The van der Waals surface area contributed by atoms with E-state index < -0.39 is 29.6 Å². The van der Waals surface area contributed by atoms with Gasteiger partial charge in [-0.3, -0.25) is 14.6 Å². The molecule has 3 rings (SSSR count). The highest BCUT2D eigenvalue weighted by Crippen LogP contribution is 2.56. The molecule has 0 spiro atoms. The minimum Gasteiger partial charge on any atom is -0.481 e. The average molecular weight is 586 g/mol. The standard InChI is InChI=1S/C25H31F2N5O3.C7H14/c1-7-8-14(3)18(31-23(33)20-21(24(34)35)25(20,26)27)10-9-13(2)16(5)22(17(6)28)32-19-12-29-11-15(4)30-19;1-6(2)7-4-3-5-7/h8-12,20-21H,7,28H2,1-6H3,(H,30,32)(H,34,35);6-7H,3-5H2,1-2H3/b10-9-,14-8+,16-13-,22-17+,31-18?;. The molecule has 10 heteroatoms. The van der Waals surface area contributed by atoms with Crippen molar-refractivity contribution in [2.75, 3.05) is 5.32 Å². The highest BCUT2D eigenvalue weighted by atomic mass is 19.3. The molecule has 0 radical (unpaired) electrons. The predicted molar refractivity (Wildman–Crippen MR) is 163 cm³/mol. The van der Waals surface area contributed by atoms with Gasteiger partial charge < -0.3 is 16.2 Å². The first-order valence-electron chi connectivity index (χ1n) is 14.4. The van der Waals surface area contributed by atoms with Gasteiger partial charge in [-0.1, -0.05) is 52.2 Å².